The van der Waals surface area contributed by atoms with Crippen LogP contribution < -0.4 is 0 Å². The molecule has 4 heteroatoms. The van der Waals surface area contributed by atoms with Crippen LogP contribution in [-0.4, -0.2) is 18.6 Å². The van der Waals surface area contributed by atoms with Crippen molar-refractivity contribution in [3.63, 3.8) is 0 Å². The van der Waals surface area contributed by atoms with Crippen molar-refractivity contribution in [3.8, 4) is 0 Å². The number of alkyl halides is 1. The van der Waals surface area contributed by atoms with E-state index >= 15 is 0 Å². The van der Waals surface area contributed by atoms with E-state index in [1.54, 1.807) is 11.3 Å². The van der Waals surface area contributed by atoms with Crippen LogP contribution in [0.2, 0.25) is 0 Å². The van der Waals surface area contributed by atoms with E-state index in [2.05, 4.69) is 13.0 Å². The quantitative estimate of drug-likeness (QED) is 0.711. The molecule has 0 aromatic carbocycles. The van der Waals surface area contributed by atoms with Crippen molar-refractivity contribution in [2.24, 2.45) is 0 Å². The lowest BCUT2D eigenvalue weighted by atomic mass is 10.3. The molecule has 0 amide bonds. The zero-order valence-corrected chi connectivity index (χ0v) is 8.90. The fourth-order valence-electron chi connectivity index (χ4n) is 1.29. The SMILES string of the molecule is Cc1ccsc1C1OCC(CCl)O1. The maximum atomic E-state index is 5.67. The fraction of sp³-hybridized carbons (Fsp3) is 0.556. The fourth-order valence-corrected chi connectivity index (χ4v) is 2.36. The molecule has 2 heterocycles. The Kier molecular flexibility index (Phi) is 2.89. The largest absolute Gasteiger partial charge is 0.345 e. The summed E-state index contributed by atoms with van der Waals surface area (Å²) in [6.07, 6.45) is -0.142. The summed E-state index contributed by atoms with van der Waals surface area (Å²) < 4.78 is 11.1. The summed E-state index contributed by atoms with van der Waals surface area (Å²) in [5, 5.41) is 2.05. The molecule has 0 aliphatic carbocycles. The molecule has 13 heavy (non-hydrogen) atoms. The molecule has 1 aromatic rings. The van der Waals surface area contributed by atoms with Gasteiger partial charge in [-0.3, -0.25) is 0 Å². The van der Waals surface area contributed by atoms with E-state index in [9.17, 15) is 0 Å². The summed E-state index contributed by atoms with van der Waals surface area (Å²) in [6, 6.07) is 2.07. The molecule has 0 radical (unpaired) electrons. The lowest BCUT2D eigenvalue weighted by molar-refractivity contribution is -0.0544. The molecule has 2 rings (SSSR count). The van der Waals surface area contributed by atoms with Crippen molar-refractivity contribution in [1.29, 1.82) is 0 Å². The van der Waals surface area contributed by atoms with Crippen LogP contribution in [0, 0.1) is 6.92 Å². The van der Waals surface area contributed by atoms with E-state index < -0.39 is 0 Å². The molecular weight excluding hydrogens is 208 g/mol. The van der Waals surface area contributed by atoms with E-state index in [-0.39, 0.29) is 12.4 Å². The summed E-state index contributed by atoms with van der Waals surface area (Å²) in [4.78, 5) is 1.16. The maximum Gasteiger partial charge on any atom is 0.193 e. The van der Waals surface area contributed by atoms with Crippen molar-refractivity contribution in [2.75, 3.05) is 12.5 Å². The first-order chi connectivity index (χ1) is 6.31. The van der Waals surface area contributed by atoms with Crippen molar-refractivity contribution < 1.29 is 9.47 Å². The third-order valence-corrected chi connectivity index (χ3v) is 3.42. The van der Waals surface area contributed by atoms with Gasteiger partial charge in [0.05, 0.1) is 23.5 Å². The van der Waals surface area contributed by atoms with Gasteiger partial charge in [0, 0.05) is 0 Å². The van der Waals surface area contributed by atoms with E-state index in [0.29, 0.717) is 12.5 Å². The van der Waals surface area contributed by atoms with Crippen LogP contribution in [0.25, 0.3) is 0 Å². The molecule has 2 nitrogen and oxygen atoms in total. The second-order valence-corrected chi connectivity index (χ2v) is 4.30. The van der Waals surface area contributed by atoms with Crippen LogP contribution in [-0.2, 0) is 9.47 Å². The van der Waals surface area contributed by atoms with Gasteiger partial charge in [0.1, 0.15) is 0 Å². The van der Waals surface area contributed by atoms with Crippen molar-refractivity contribution in [1.82, 2.24) is 0 Å². The minimum atomic E-state index is -0.191. The monoisotopic (exact) mass is 218 g/mol. The van der Waals surface area contributed by atoms with Gasteiger partial charge in [-0.2, -0.15) is 0 Å². The Morgan fingerprint density at radius 1 is 1.69 bits per heavy atom. The summed E-state index contributed by atoms with van der Waals surface area (Å²) in [6.45, 7) is 2.66. The van der Waals surface area contributed by atoms with Crippen LogP contribution in [0.1, 0.15) is 16.7 Å². The third kappa shape index (κ3) is 1.89. The van der Waals surface area contributed by atoms with E-state index in [1.165, 1.54) is 5.56 Å². The Morgan fingerprint density at radius 2 is 2.54 bits per heavy atom. The molecule has 0 bridgehead atoms. The molecule has 1 aliphatic rings. The van der Waals surface area contributed by atoms with Crippen LogP contribution in [0.15, 0.2) is 11.4 Å². The van der Waals surface area contributed by atoms with Gasteiger partial charge in [-0.25, -0.2) is 0 Å². The van der Waals surface area contributed by atoms with Gasteiger partial charge in [0.2, 0.25) is 0 Å². The lowest BCUT2D eigenvalue weighted by Crippen LogP contribution is -2.10. The Balaban J connectivity index is 2.08. The predicted molar refractivity (Wildman–Crippen MR) is 53.3 cm³/mol. The molecule has 2 unspecified atom stereocenters. The number of ether oxygens (including phenoxy) is 2. The zero-order valence-electron chi connectivity index (χ0n) is 7.33. The maximum absolute atomic E-state index is 5.67. The molecule has 0 spiro atoms. The molecular formula is C9H11ClO2S. The highest BCUT2D eigenvalue weighted by atomic mass is 35.5. The van der Waals surface area contributed by atoms with Gasteiger partial charge in [0.25, 0.3) is 0 Å². The number of aryl methyl sites for hydroxylation is 1. The van der Waals surface area contributed by atoms with E-state index in [0.717, 1.165) is 4.88 Å². The van der Waals surface area contributed by atoms with Gasteiger partial charge < -0.3 is 9.47 Å². The topological polar surface area (TPSA) is 18.5 Å². The molecule has 0 saturated carbocycles. The minimum Gasteiger partial charge on any atom is -0.345 e. The van der Waals surface area contributed by atoms with E-state index in [4.69, 9.17) is 21.1 Å². The first-order valence-corrected chi connectivity index (χ1v) is 5.59. The Morgan fingerprint density at radius 3 is 3.08 bits per heavy atom. The second-order valence-electron chi connectivity index (χ2n) is 3.05. The van der Waals surface area contributed by atoms with Crippen LogP contribution in [0.5, 0.6) is 0 Å². The normalized spacial score (nSPS) is 28.2. The summed E-state index contributed by atoms with van der Waals surface area (Å²) in [5.41, 5.74) is 1.23. The highest BCUT2D eigenvalue weighted by molar-refractivity contribution is 7.10. The highest BCUT2D eigenvalue weighted by Gasteiger charge is 2.28. The van der Waals surface area contributed by atoms with Crippen LogP contribution in [0.4, 0.5) is 0 Å². The molecule has 1 aliphatic heterocycles. The molecule has 72 valence electrons. The van der Waals surface area contributed by atoms with Gasteiger partial charge in [-0.1, -0.05) is 0 Å². The Hall–Kier alpha value is -0.0900. The molecule has 0 N–H and O–H groups in total. The van der Waals surface area contributed by atoms with Gasteiger partial charge in [0.15, 0.2) is 6.29 Å². The average Bonchev–Trinajstić information content (AvgIpc) is 2.71. The van der Waals surface area contributed by atoms with Crippen LogP contribution in [0.3, 0.4) is 0 Å². The Bertz CT molecular complexity index is 287. The number of halogens is 1. The molecule has 1 saturated heterocycles. The third-order valence-electron chi connectivity index (χ3n) is 2.04. The predicted octanol–water partition coefficient (Wildman–Crippen LogP) is 2.71. The number of hydrogen-bond acceptors (Lipinski definition) is 3. The number of rotatable bonds is 2. The lowest BCUT2D eigenvalue weighted by Gasteiger charge is -2.08. The average molecular weight is 219 g/mol. The van der Waals surface area contributed by atoms with Crippen molar-refractivity contribution in [3.05, 3.63) is 21.9 Å². The van der Waals surface area contributed by atoms with Gasteiger partial charge >= 0.3 is 0 Å². The minimum absolute atomic E-state index is 0.0492. The number of thiophene rings is 1. The smallest absolute Gasteiger partial charge is 0.193 e. The van der Waals surface area contributed by atoms with Crippen molar-refractivity contribution in [2.45, 2.75) is 19.3 Å². The highest BCUT2D eigenvalue weighted by Crippen LogP contribution is 2.32. The summed E-state index contributed by atoms with van der Waals surface area (Å²) in [5.74, 6) is 0.501. The van der Waals surface area contributed by atoms with Crippen molar-refractivity contribution >= 4 is 22.9 Å². The number of hydrogen-bond donors (Lipinski definition) is 0. The first kappa shape index (κ1) is 9.46. The summed E-state index contributed by atoms with van der Waals surface area (Å²) in [7, 11) is 0. The first-order valence-electron chi connectivity index (χ1n) is 4.18. The Labute approximate surface area is 86.4 Å². The second kappa shape index (κ2) is 3.96. The molecule has 2 atom stereocenters. The molecule has 1 fully saturated rings. The molecule has 1 aromatic heterocycles. The van der Waals surface area contributed by atoms with Gasteiger partial charge in [-0.05, 0) is 23.9 Å². The standard InChI is InChI=1S/C9H11ClO2S/c1-6-2-3-13-8(6)9-11-5-7(4-10)12-9/h2-3,7,9H,4-5H2,1H3. The van der Waals surface area contributed by atoms with Crippen LogP contribution >= 0.6 is 22.9 Å². The van der Waals surface area contributed by atoms with Gasteiger partial charge in [-0.15, -0.1) is 22.9 Å². The van der Waals surface area contributed by atoms with E-state index in [1.807, 2.05) is 5.38 Å². The summed E-state index contributed by atoms with van der Waals surface area (Å²) >= 11 is 7.34. The zero-order chi connectivity index (χ0) is 9.26.